The monoisotopic (exact) mass is 708 g/mol. The number of nitrogens with zero attached hydrogens (tertiary/aromatic N) is 6. The van der Waals surface area contributed by atoms with Gasteiger partial charge in [0.2, 0.25) is 0 Å². The SMILES string of the molecule is COC12CC3(C)CC(C)(CC(Cn4ncc(-c5ccc(N6CCN7CNC(C(=O)Nc8nc9ccccc9s8)=C7C6)nc5C(=O)O)c4C)(C3)C1)C2. The van der Waals surface area contributed by atoms with Gasteiger partial charge >= 0.3 is 5.97 Å². The number of thiazole rings is 1. The Morgan fingerprint density at radius 2 is 1.75 bits per heavy atom. The topological polar surface area (TPSA) is 138 Å². The molecule has 12 nitrogen and oxygen atoms in total. The summed E-state index contributed by atoms with van der Waals surface area (Å²) in [5.74, 6) is -0.769. The van der Waals surface area contributed by atoms with Crippen LogP contribution in [0.3, 0.4) is 0 Å². The zero-order chi connectivity index (χ0) is 35.3. The largest absolute Gasteiger partial charge is 0.476 e. The zero-order valence-electron chi connectivity index (χ0n) is 29.6. The lowest BCUT2D eigenvalue weighted by Crippen LogP contribution is -2.64. The van der Waals surface area contributed by atoms with Crippen molar-refractivity contribution in [2.24, 2.45) is 16.2 Å². The summed E-state index contributed by atoms with van der Waals surface area (Å²) < 4.78 is 9.39. The molecule has 1 aromatic carbocycles. The fourth-order valence-electron chi connectivity index (χ4n) is 11.3. The van der Waals surface area contributed by atoms with Gasteiger partial charge in [-0.25, -0.2) is 14.8 Å². The molecule has 51 heavy (non-hydrogen) atoms. The summed E-state index contributed by atoms with van der Waals surface area (Å²) in [7, 11) is 1.89. The summed E-state index contributed by atoms with van der Waals surface area (Å²) in [4.78, 5) is 39.6. The fourth-order valence-corrected chi connectivity index (χ4v) is 12.2. The molecule has 3 N–H and O–H groups in total. The van der Waals surface area contributed by atoms with Crippen LogP contribution in [0, 0.1) is 23.2 Å². The standard InChI is InChI=1S/C38H44N8O4S/c1-23-25(13-40-46(23)21-37-16-35(2)15-36(3,17-37)19-38(18-35,20-37)50-4)24-9-10-29(42-30(24)33(48)49)44-11-12-45-22-39-31(27(45)14-44)32(47)43-34-41-26-7-5-6-8-28(26)51-34/h5-10,13,39H,11-12,14-22H2,1-4H3,(H,48,49)(H,41,43,47). The second-order valence-corrected chi connectivity index (χ2v) is 17.6. The molecule has 4 saturated carbocycles. The Morgan fingerprint density at radius 3 is 2.49 bits per heavy atom. The Labute approximate surface area is 300 Å². The number of para-hydroxylation sites is 1. The normalized spacial score (nSPS) is 29.5. The van der Waals surface area contributed by atoms with Gasteiger partial charge in [0, 0.05) is 43.6 Å². The third-order valence-corrected chi connectivity index (χ3v) is 13.2. The molecule has 4 aromatic rings. The van der Waals surface area contributed by atoms with Crippen LogP contribution in [-0.2, 0) is 16.1 Å². The molecule has 10 rings (SSSR count). The number of carbonyl (C=O) groups excluding carboxylic acids is 1. The Morgan fingerprint density at radius 1 is 0.980 bits per heavy atom. The molecule has 4 aliphatic carbocycles. The van der Waals surface area contributed by atoms with Gasteiger partial charge in [0.25, 0.3) is 5.91 Å². The number of rotatable bonds is 8. The highest BCUT2D eigenvalue weighted by molar-refractivity contribution is 7.22. The molecule has 2 unspecified atom stereocenters. The van der Waals surface area contributed by atoms with Crippen LogP contribution >= 0.6 is 11.3 Å². The first kappa shape index (κ1) is 32.4. The van der Waals surface area contributed by atoms with Crippen molar-refractivity contribution in [1.29, 1.82) is 0 Å². The number of carboxylic acids is 1. The molecule has 3 aromatic heterocycles. The van der Waals surface area contributed by atoms with Gasteiger partial charge in [-0.05, 0) is 86.0 Å². The minimum atomic E-state index is -1.08. The molecular weight excluding hydrogens is 665 g/mol. The Balaban J connectivity index is 0.966. The Kier molecular flexibility index (Phi) is 7.15. The third-order valence-electron chi connectivity index (χ3n) is 12.2. The number of aromatic nitrogens is 4. The van der Waals surface area contributed by atoms with Crippen LogP contribution in [0.5, 0.6) is 0 Å². The lowest BCUT2D eigenvalue weighted by molar-refractivity contribution is -0.239. The van der Waals surface area contributed by atoms with Crippen molar-refractivity contribution in [3.63, 3.8) is 0 Å². The molecule has 0 radical (unpaired) electrons. The molecule has 5 heterocycles. The molecule has 4 bridgehead atoms. The summed E-state index contributed by atoms with van der Waals surface area (Å²) in [6.45, 7) is 9.99. The molecule has 13 heteroatoms. The molecule has 6 aliphatic rings. The van der Waals surface area contributed by atoms with E-state index in [-0.39, 0.29) is 33.4 Å². The molecule has 1 amide bonds. The van der Waals surface area contributed by atoms with E-state index in [0.29, 0.717) is 48.5 Å². The van der Waals surface area contributed by atoms with Crippen molar-refractivity contribution in [2.45, 2.75) is 71.4 Å². The van der Waals surface area contributed by atoms with Gasteiger partial charge < -0.3 is 25.0 Å². The number of aromatic carboxylic acids is 1. The summed E-state index contributed by atoms with van der Waals surface area (Å²) >= 11 is 1.44. The van der Waals surface area contributed by atoms with Crippen LogP contribution in [-0.4, -0.2) is 80.6 Å². The first-order valence-electron chi connectivity index (χ1n) is 17.8. The first-order chi connectivity index (χ1) is 24.4. The Bertz CT molecular complexity index is 2090. The predicted molar refractivity (Wildman–Crippen MR) is 195 cm³/mol. The number of piperazine rings is 1. The van der Waals surface area contributed by atoms with Gasteiger partial charge in [-0.2, -0.15) is 5.10 Å². The molecule has 2 atom stereocenters. The van der Waals surface area contributed by atoms with E-state index in [4.69, 9.17) is 14.8 Å². The fraction of sp³-hybridized carbons (Fsp3) is 0.500. The van der Waals surface area contributed by atoms with Crippen molar-refractivity contribution in [3.8, 4) is 11.1 Å². The van der Waals surface area contributed by atoms with E-state index in [1.54, 1.807) is 6.20 Å². The maximum Gasteiger partial charge on any atom is 0.355 e. The van der Waals surface area contributed by atoms with Gasteiger partial charge in [-0.15, -0.1) is 0 Å². The van der Waals surface area contributed by atoms with Crippen LogP contribution in [0.15, 0.2) is 54.0 Å². The van der Waals surface area contributed by atoms with E-state index in [2.05, 4.69) is 39.0 Å². The third kappa shape index (κ3) is 5.38. The number of ether oxygens (including phenoxy) is 1. The van der Waals surface area contributed by atoms with Crippen molar-refractivity contribution in [1.82, 2.24) is 30.0 Å². The predicted octanol–water partition coefficient (Wildman–Crippen LogP) is 5.86. The van der Waals surface area contributed by atoms with Gasteiger partial charge in [-0.3, -0.25) is 14.8 Å². The maximum atomic E-state index is 13.4. The van der Waals surface area contributed by atoms with Gasteiger partial charge in [-0.1, -0.05) is 37.3 Å². The number of hydrogen-bond donors (Lipinski definition) is 3. The van der Waals surface area contributed by atoms with Crippen molar-refractivity contribution in [3.05, 3.63) is 65.4 Å². The molecule has 1 saturated heterocycles. The number of nitrogens with one attached hydrogen (secondary N) is 2. The first-order valence-corrected chi connectivity index (χ1v) is 18.7. The number of hydrogen-bond acceptors (Lipinski definition) is 10. The van der Waals surface area contributed by atoms with Crippen LogP contribution in [0.4, 0.5) is 10.9 Å². The number of carboxylic acid groups (broad SMARTS) is 1. The molecule has 0 spiro atoms. The van der Waals surface area contributed by atoms with E-state index >= 15 is 0 Å². The second kappa shape index (κ2) is 11.3. The van der Waals surface area contributed by atoms with E-state index in [1.807, 2.05) is 55.3 Å². The van der Waals surface area contributed by atoms with E-state index < -0.39 is 5.97 Å². The van der Waals surface area contributed by atoms with Crippen LogP contribution in [0.2, 0.25) is 0 Å². The summed E-state index contributed by atoms with van der Waals surface area (Å²) in [6.07, 6.45) is 8.66. The second-order valence-electron chi connectivity index (χ2n) is 16.5. The number of amides is 1. The zero-order valence-corrected chi connectivity index (χ0v) is 30.4. The highest BCUT2D eigenvalue weighted by atomic mass is 32.1. The lowest BCUT2D eigenvalue weighted by atomic mass is 9.39. The highest BCUT2D eigenvalue weighted by Crippen LogP contribution is 2.72. The summed E-state index contributed by atoms with van der Waals surface area (Å²) in [6, 6.07) is 11.5. The minimum Gasteiger partial charge on any atom is -0.476 e. The van der Waals surface area contributed by atoms with Crippen molar-refractivity contribution >= 4 is 44.4 Å². The number of fused-ring (bicyclic) bond motifs is 2. The van der Waals surface area contributed by atoms with E-state index in [0.717, 1.165) is 65.8 Å². The van der Waals surface area contributed by atoms with Gasteiger partial charge in [0.05, 0.1) is 40.9 Å². The molecular formula is C38H44N8O4S. The minimum absolute atomic E-state index is 0.00179. The number of methoxy groups -OCH3 is 1. The maximum absolute atomic E-state index is 13.4. The quantitative estimate of drug-likeness (QED) is 0.204. The number of carbonyl (C=O) groups is 2. The molecule has 2 aliphatic heterocycles. The number of pyridine rings is 1. The van der Waals surface area contributed by atoms with Crippen molar-refractivity contribution in [2.75, 3.05) is 43.6 Å². The summed E-state index contributed by atoms with van der Waals surface area (Å²) in [5, 5.41) is 22.1. The highest BCUT2D eigenvalue weighted by Gasteiger charge is 2.66. The Hall–Kier alpha value is -4.49. The van der Waals surface area contributed by atoms with E-state index in [9.17, 15) is 14.7 Å². The van der Waals surface area contributed by atoms with Crippen LogP contribution in [0.1, 0.15) is 68.6 Å². The van der Waals surface area contributed by atoms with Gasteiger partial charge in [0.15, 0.2) is 10.8 Å². The summed E-state index contributed by atoms with van der Waals surface area (Å²) in [5.41, 5.74) is 5.03. The lowest BCUT2D eigenvalue weighted by Gasteiger charge is -2.69. The molecule has 266 valence electrons. The van der Waals surface area contributed by atoms with Crippen molar-refractivity contribution < 1.29 is 19.4 Å². The average molecular weight is 709 g/mol. The van der Waals surface area contributed by atoms with E-state index in [1.165, 1.54) is 17.8 Å². The van der Waals surface area contributed by atoms with Gasteiger partial charge in [0.1, 0.15) is 11.5 Å². The number of benzene rings is 1. The van der Waals surface area contributed by atoms with Crippen LogP contribution < -0.4 is 15.5 Å². The molecule has 5 fully saturated rings. The smallest absolute Gasteiger partial charge is 0.355 e. The number of anilines is 2. The van der Waals surface area contributed by atoms with Crippen LogP contribution in [0.25, 0.3) is 21.3 Å². The average Bonchev–Trinajstić information content (AvgIpc) is 3.78.